The highest BCUT2D eigenvalue weighted by Gasteiger charge is 2.30. The molecule has 0 aromatic heterocycles. The first-order valence-electron chi connectivity index (χ1n) is 7.42. The van der Waals surface area contributed by atoms with Gasteiger partial charge in [0.05, 0.1) is 5.69 Å². The van der Waals surface area contributed by atoms with Crippen molar-refractivity contribution in [3.8, 4) is 0 Å². The summed E-state index contributed by atoms with van der Waals surface area (Å²) in [6.45, 7) is 1.56. The topological polar surface area (TPSA) is 57.7 Å². The lowest BCUT2D eigenvalue weighted by atomic mass is 10.1. The maximum atomic E-state index is 12.5. The Kier molecular flexibility index (Phi) is 3.73. The Morgan fingerprint density at radius 2 is 1.62 bits per heavy atom. The largest absolute Gasteiger partial charge is 0.339 e. The number of carbonyl (C=O) groups is 3. The van der Waals surface area contributed by atoms with Crippen molar-refractivity contribution in [2.24, 2.45) is 0 Å². The number of imide groups is 1. The van der Waals surface area contributed by atoms with Crippen LogP contribution >= 0.6 is 0 Å². The molecule has 5 heteroatoms. The minimum absolute atomic E-state index is 0.0179. The monoisotopic (exact) mass is 286 g/mol. The van der Waals surface area contributed by atoms with E-state index in [1.165, 1.54) is 11.3 Å². The molecule has 2 aliphatic heterocycles. The summed E-state index contributed by atoms with van der Waals surface area (Å²) in [4.78, 5) is 39.1. The van der Waals surface area contributed by atoms with Gasteiger partial charge in [-0.15, -0.1) is 0 Å². The van der Waals surface area contributed by atoms with E-state index in [1.807, 2.05) is 4.90 Å². The Morgan fingerprint density at radius 3 is 2.29 bits per heavy atom. The van der Waals surface area contributed by atoms with E-state index in [0.29, 0.717) is 11.3 Å². The van der Waals surface area contributed by atoms with E-state index in [1.54, 1.807) is 24.3 Å². The van der Waals surface area contributed by atoms with Crippen molar-refractivity contribution in [3.63, 3.8) is 0 Å². The fourth-order valence-electron chi connectivity index (χ4n) is 2.92. The zero-order valence-corrected chi connectivity index (χ0v) is 11.9. The number of piperidine rings is 1. The summed E-state index contributed by atoms with van der Waals surface area (Å²) in [5.41, 5.74) is 1.05. The molecule has 0 N–H and O–H groups in total. The third-order valence-corrected chi connectivity index (χ3v) is 4.05. The molecule has 3 amide bonds. The standard InChI is InChI=1S/C16H18N2O3/c19-14-7-8-15(20)18(14)13-6-4-5-12(11-13)16(21)17-9-2-1-3-10-17/h4-6,11H,1-3,7-10H2. The summed E-state index contributed by atoms with van der Waals surface area (Å²) in [5.74, 6) is -0.402. The zero-order valence-electron chi connectivity index (χ0n) is 11.9. The molecular formula is C16H18N2O3. The minimum Gasteiger partial charge on any atom is -0.339 e. The van der Waals surface area contributed by atoms with Crippen molar-refractivity contribution < 1.29 is 14.4 Å². The van der Waals surface area contributed by atoms with E-state index in [-0.39, 0.29) is 30.6 Å². The molecule has 0 bridgehead atoms. The molecule has 2 aliphatic rings. The molecule has 2 fully saturated rings. The van der Waals surface area contributed by atoms with Gasteiger partial charge in [0.25, 0.3) is 5.91 Å². The number of benzene rings is 1. The van der Waals surface area contributed by atoms with Gasteiger partial charge in [-0.2, -0.15) is 0 Å². The first-order valence-corrected chi connectivity index (χ1v) is 7.42. The van der Waals surface area contributed by atoms with Gasteiger partial charge < -0.3 is 4.90 Å². The number of likely N-dealkylation sites (tertiary alicyclic amines) is 1. The highest BCUT2D eigenvalue weighted by Crippen LogP contribution is 2.24. The van der Waals surface area contributed by atoms with Gasteiger partial charge in [0.1, 0.15) is 0 Å². The van der Waals surface area contributed by atoms with Crippen LogP contribution in [-0.2, 0) is 9.59 Å². The van der Waals surface area contributed by atoms with Crippen LogP contribution in [-0.4, -0.2) is 35.7 Å². The van der Waals surface area contributed by atoms with Crippen LogP contribution in [0.4, 0.5) is 5.69 Å². The van der Waals surface area contributed by atoms with Crippen molar-refractivity contribution in [1.29, 1.82) is 0 Å². The Hall–Kier alpha value is -2.17. The third kappa shape index (κ3) is 2.68. The summed E-state index contributed by atoms with van der Waals surface area (Å²) in [6.07, 6.45) is 3.75. The van der Waals surface area contributed by atoms with Gasteiger partial charge in [-0.3, -0.25) is 19.3 Å². The van der Waals surface area contributed by atoms with E-state index >= 15 is 0 Å². The van der Waals surface area contributed by atoms with Crippen LogP contribution in [0.25, 0.3) is 0 Å². The second-order valence-electron chi connectivity index (χ2n) is 5.53. The van der Waals surface area contributed by atoms with Crippen molar-refractivity contribution >= 4 is 23.4 Å². The fourth-order valence-corrected chi connectivity index (χ4v) is 2.92. The molecule has 1 aromatic carbocycles. The Labute approximate surface area is 123 Å². The SMILES string of the molecule is O=C(c1cccc(N2C(=O)CCC2=O)c1)N1CCCCC1. The van der Waals surface area contributed by atoms with Crippen LogP contribution in [0.15, 0.2) is 24.3 Å². The van der Waals surface area contributed by atoms with Gasteiger partial charge in [-0.1, -0.05) is 6.07 Å². The van der Waals surface area contributed by atoms with Gasteiger partial charge in [0.2, 0.25) is 11.8 Å². The molecule has 0 atom stereocenters. The van der Waals surface area contributed by atoms with Gasteiger partial charge >= 0.3 is 0 Å². The summed E-state index contributed by atoms with van der Waals surface area (Å²) in [5, 5.41) is 0. The normalized spacial score (nSPS) is 19.2. The average molecular weight is 286 g/mol. The summed E-state index contributed by atoms with van der Waals surface area (Å²) in [7, 11) is 0. The first-order chi connectivity index (χ1) is 10.2. The summed E-state index contributed by atoms with van der Waals surface area (Å²) < 4.78 is 0. The van der Waals surface area contributed by atoms with Crippen molar-refractivity contribution in [2.45, 2.75) is 32.1 Å². The number of nitrogens with zero attached hydrogens (tertiary/aromatic N) is 2. The van der Waals surface area contributed by atoms with Gasteiger partial charge in [-0.25, -0.2) is 0 Å². The van der Waals surface area contributed by atoms with Crippen molar-refractivity contribution in [1.82, 2.24) is 4.90 Å². The molecule has 0 spiro atoms. The van der Waals surface area contributed by atoms with Gasteiger partial charge in [0, 0.05) is 31.5 Å². The molecule has 3 rings (SSSR count). The third-order valence-electron chi connectivity index (χ3n) is 4.05. The zero-order chi connectivity index (χ0) is 14.8. The Bertz CT molecular complexity index is 575. The minimum atomic E-state index is -0.192. The number of hydrogen-bond acceptors (Lipinski definition) is 3. The van der Waals surface area contributed by atoms with E-state index in [2.05, 4.69) is 0 Å². The fraction of sp³-hybridized carbons (Fsp3) is 0.438. The van der Waals surface area contributed by atoms with Gasteiger partial charge in [0.15, 0.2) is 0 Å². The number of carbonyl (C=O) groups excluding carboxylic acids is 3. The quantitative estimate of drug-likeness (QED) is 0.781. The number of hydrogen-bond donors (Lipinski definition) is 0. The predicted molar refractivity (Wildman–Crippen MR) is 77.9 cm³/mol. The van der Waals surface area contributed by atoms with Gasteiger partial charge in [-0.05, 0) is 37.5 Å². The summed E-state index contributed by atoms with van der Waals surface area (Å²) >= 11 is 0. The molecule has 2 saturated heterocycles. The average Bonchev–Trinajstić information content (AvgIpc) is 2.86. The first kappa shape index (κ1) is 13.8. The molecule has 0 radical (unpaired) electrons. The molecule has 0 unspecified atom stereocenters. The second kappa shape index (κ2) is 5.68. The Morgan fingerprint density at radius 1 is 0.952 bits per heavy atom. The molecule has 0 aliphatic carbocycles. The number of anilines is 1. The molecule has 0 saturated carbocycles. The van der Waals surface area contributed by atoms with Crippen LogP contribution in [0, 0.1) is 0 Å². The lowest BCUT2D eigenvalue weighted by molar-refractivity contribution is -0.121. The predicted octanol–water partition coefficient (Wildman–Crippen LogP) is 1.97. The van der Waals surface area contributed by atoms with Crippen molar-refractivity contribution in [2.75, 3.05) is 18.0 Å². The lowest BCUT2D eigenvalue weighted by Gasteiger charge is -2.27. The van der Waals surface area contributed by atoms with Crippen LogP contribution in [0.1, 0.15) is 42.5 Å². The van der Waals surface area contributed by atoms with E-state index in [0.717, 1.165) is 25.9 Å². The van der Waals surface area contributed by atoms with Crippen molar-refractivity contribution in [3.05, 3.63) is 29.8 Å². The smallest absolute Gasteiger partial charge is 0.253 e. The molecular weight excluding hydrogens is 268 g/mol. The van der Waals surface area contributed by atoms with Crippen LogP contribution in [0.2, 0.25) is 0 Å². The molecule has 21 heavy (non-hydrogen) atoms. The van der Waals surface area contributed by atoms with Crippen LogP contribution in [0.3, 0.4) is 0 Å². The number of amides is 3. The van der Waals surface area contributed by atoms with Crippen LogP contribution < -0.4 is 4.90 Å². The Balaban J connectivity index is 1.84. The molecule has 110 valence electrons. The maximum absolute atomic E-state index is 12.5. The van der Waals surface area contributed by atoms with E-state index < -0.39 is 0 Å². The van der Waals surface area contributed by atoms with E-state index in [4.69, 9.17) is 0 Å². The molecule has 5 nitrogen and oxygen atoms in total. The number of rotatable bonds is 2. The highest BCUT2D eigenvalue weighted by atomic mass is 16.2. The van der Waals surface area contributed by atoms with E-state index in [9.17, 15) is 14.4 Å². The molecule has 1 aromatic rings. The summed E-state index contributed by atoms with van der Waals surface area (Å²) in [6, 6.07) is 6.82. The molecule has 2 heterocycles. The second-order valence-corrected chi connectivity index (χ2v) is 5.53. The maximum Gasteiger partial charge on any atom is 0.253 e. The van der Waals surface area contributed by atoms with Crippen LogP contribution in [0.5, 0.6) is 0 Å². The lowest BCUT2D eigenvalue weighted by Crippen LogP contribution is -2.35. The highest BCUT2D eigenvalue weighted by molar-refractivity contribution is 6.20.